The van der Waals surface area contributed by atoms with Crippen LogP contribution in [0.3, 0.4) is 0 Å². The van der Waals surface area contributed by atoms with E-state index in [1.54, 1.807) is 7.11 Å². The molecule has 1 aliphatic heterocycles. The minimum Gasteiger partial charge on any atom is -0.394 e. The Labute approximate surface area is 102 Å². The van der Waals surface area contributed by atoms with Crippen molar-refractivity contribution < 1.29 is 24.1 Å². The monoisotopic (exact) mass is 246 g/mol. The molecule has 1 N–H and O–H groups in total. The fraction of sp³-hybridized carbons (Fsp3) is 0.833. The third-order valence-corrected chi connectivity index (χ3v) is 2.79. The maximum atomic E-state index is 8.97. The summed E-state index contributed by atoms with van der Waals surface area (Å²) in [4.78, 5) is 0. The molecule has 4 atom stereocenters. The van der Waals surface area contributed by atoms with Gasteiger partial charge in [0, 0.05) is 13.0 Å². The Morgan fingerprint density at radius 2 is 2.24 bits per heavy atom. The first-order valence-electron chi connectivity index (χ1n) is 5.81. The highest BCUT2D eigenvalue weighted by Crippen LogP contribution is 2.31. The third kappa shape index (κ3) is 4.73. The second-order valence-electron chi connectivity index (χ2n) is 4.07. The predicted octanol–water partition coefficient (Wildman–Crippen LogP) is 0.574. The van der Waals surface area contributed by atoms with Gasteiger partial charge in [0.2, 0.25) is 0 Å². The smallest absolute Gasteiger partial charge is 0.147 e. The van der Waals surface area contributed by atoms with Gasteiger partial charge in [-0.3, -0.25) is 0 Å². The van der Waals surface area contributed by atoms with Crippen LogP contribution in [0.1, 0.15) is 6.92 Å². The van der Waals surface area contributed by atoms with E-state index in [0.717, 1.165) is 0 Å². The van der Waals surface area contributed by atoms with Gasteiger partial charge < -0.3 is 24.1 Å². The Hall–Kier alpha value is -0.460. The van der Waals surface area contributed by atoms with Crippen molar-refractivity contribution in [2.24, 2.45) is 5.92 Å². The van der Waals surface area contributed by atoms with Gasteiger partial charge in [-0.15, -0.1) is 6.58 Å². The van der Waals surface area contributed by atoms with Crippen molar-refractivity contribution in [2.75, 3.05) is 33.7 Å². The van der Waals surface area contributed by atoms with Gasteiger partial charge in [0.05, 0.1) is 25.9 Å². The first kappa shape index (κ1) is 14.6. The molecule has 5 nitrogen and oxygen atoms in total. The summed E-state index contributed by atoms with van der Waals surface area (Å²) in [5.74, 6) is 0.155. The van der Waals surface area contributed by atoms with Crippen molar-refractivity contribution in [3.63, 3.8) is 0 Å². The summed E-state index contributed by atoms with van der Waals surface area (Å²) in [6.45, 7) is 7.02. The number of methoxy groups -OCH3 is 1. The first-order chi connectivity index (χ1) is 8.24. The summed E-state index contributed by atoms with van der Waals surface area (Å²) in [5.41, 5.74) is 0. The van der Waals surface area contributed by atoms with Gasteiger partial charge >= 0.3 is 0 Å². The number of hydrogen-bond acceptors (Lipinski definition) is 5. The van der Waals surface area contributed by atoms with Crippen molar-refractivity contribution in [3.8, 4) is 0 Å². The normalized spacial score (nSPS) is 26.5. The van der Waals surface area contributed by atoms with Gasteiger partial charge in [-0.05, 0) is 0 Å². The fourth-order valence-electron chi connectivity index (χ4n) is 1.60. The van der Waals surface area contributed by atoms with E-state index in [9.17, 15) is 0 Å². The molecule has 0 unspecified atom stereocenters. The Morgan fingerprint density at radius 1 is 1.47 bits per heavy atom. The molecule has 1 aliphatic rings. The Kier molecular flexibility index (Phi) is 6.69. The molecule has 1 heterocycles. The van der Waals surface area contributed by atoms with Crippen LogP contribution >= 0.6 is 0 Å². The number of rotatable bonds is 10. The topological polar surface area (TPSA) is 60.5 Å². The van der Waals surface area contributed by atoms with Crippen LogP contribution in [-0.4, -0.2) is 57.1 Å². The Balaban J connectivity index is 2.25. The zero-order valence-electron chi connectivity index (χ0n) is 10.5. The zero-order valence-corrected chi connectivity index (χ0v) is 10.5. The van der Waals surface area contributed by atoms with Crippen molar-refractivity contribution in [2.45, 2.75) is 25.2 Å². The molecule has 17 heavy (non-hydrogen) atoms. The average Bonchev–Trinajstić information content (AvgIpc) is 3.12. The largest absolute Gasteiger partial charge is 0.394 e. The fourth-order valence-corrected chi connectivity index (χ4v) is 1.60. The molecule has 1 saturated heterocycles. The van der Waals surface area contributed by atoms with E-state index < -0.39 is 0 Å². The summed E-state index contributed by atoms with van der Waals surface area (Å²) in [6, 6.07) is 0. The standard InChI is InChI=1S/C12H22O5/c1-4-9(2)11(12-10(7-13)17-12)16-8-15-6-5-14-3/h4,9-13H,1,5-8H2,2-3H3/t9-,10-,11+,12+/m1/s1. The molecule has 0 aromatic carbocycles. The molecular formula is C12H22O5. The van der Waals surface area contributed by atoms with Crippen molar-refractivity contribution in [3.05, 3.63) is 12.7 Å². The van der Waals surface area contributed by atoms with Crippen LogP contribution in [0.4, 0.5) is 0 Å². The van der Waals surface area contributed by atoms with Crippen molar-refractivity contribution in [1.29, 1.82) is 0 Å². The summed E-state index contributed by atoms with van der Waals surface area (Å²) >= 11 is 0. The molecule has 0 amide bonds. The molecule has 0 saturated carbocycles. The van der Waals surface area contributed by atoms with Gasteiger partial charge in [-0.1, -0.05) is 13.0 Å². The molecule has 0 aromatic heterocycles. The molecular weight excluding hydrogens is 224 g/mol. The van der Waals surface area contributed by atoms with Crippen LogP contribution in [-0.2, 0) is 18.9 Å². The average molecular weight is 246 g/mol. The van der Waals surface area contributed by atoms with Crippen LogP contribution in [0, 0.1) is 5.92 Å². The second kappa shape index (κ2) is 7.79. The first-order valence-corrected chi connectivity index (χ1v) is 5.81. The van der Waals surface area contributed by atoms with Crippen molar-refractivity contribution in [1.82, 2.24) is 0 Å². The Bertz CT molecular complexity index is 221. The number of aliphatic hydroxyl groups is 1. The van der Waals surface area contributed by atoms with Crippen molar-refractivity contribution >= 4 is 0 Å². The summed E-state index contributed by atoms with van der Waals surface area (Å²) in [5, 5.41) is 8.97. The summed E-state index contributed by atoms with van der Waals surface area (Å²) < 4.78 is 21.0. The van der Waals surface area contributed by atoms with Crippen LogP contribution in [0.25, 0.3) is 0 Å². The highest BCUT2D eigenvalue weighted by atomic mass is 16.7. The van der Waals surface area contributed by atoms with Gasteiger partial charge in [0.25, 0.3) is 0 Å². The van der Waals surface area contributed by atoms with E-state index in [4.69, 9.17) is 24.1 Å². The minimum atomic E-state index is -0.118. The van der Waals surface area contributed by atoms with E-state index >= 15 is 0 Å². The lowest BCUT2D eigenvalue weighted by molar-refractivity contribution is -0.113. The predicted molar refractivity (Wildman–Crippen MR) is 62.7 cm³/mol. The highest BCUT2D eigenvalue weighted by molar-refractivity contribution is 4.97. The lowest BCUT2D eigenvalue weighted by Gasteiger charge is -2.20. The minimum absolute atomic E-state index is 0.0267. The summed E-state index contributed by atoms with van der Waals surface area (Å²) in [6.07, 6.45) is 1.53. The van der Waals surface area contributed by atoms with Crippen LogP contribution in [0.5, 0.6) is 0 Å². The molecule has 100 valence electrons. The maximum absolute atomic E-state index is 8.97. The molecule has 0 aromatic rings. The van der Waals surface area contributed by atoms with Crippen LogP contribution in [0.2, 0.25) is 0 Å². The zero-order chi connectivity index (χ0) is 12.7. The van der Waals surface area contributed by atoms with Gasteiger partial charge in [-0.25, -0.2) is 0 Å². The Morgan fingerprint density at radius 3 is 2.76 bits per heavy atom. The number of ether oxygens (including phenoxy) is 4. The second-order valence-corrected chi connectivity index (χ2v) is 4.07. The van der Waals surface area contributed by atoms with E-state index in [-0.39, 0.29) is 37.6 Å². The van der Waals surface area contributed by atoms with Gasteiger partial charge in [-0.2, -0.15) is 0 Å². The molecule has 1 rings (SSSR count). The van der Waals surface area contributed by atoms with E-state index in [1.807, 2.05) is 13.0 Å². The molecule has 0 radical (unpaired) electrons. The molecule has 1 fully saturated rings. The van der Waals surface area contributed by atoms with E-state index in [1.165, 1.54) is 0 Å². The molecule has 5 heteroatoms. The highest BCUT2D eigenvalue weighted by Gasteiger charge is 2.46. The maximum Gasteiger partial charge on any atom is 0.147 e. The lowest BCUT2D eigenvalue weighted by Crippen LogP contribution is -2.29. The van der Waals surface area contributed by atoms with E-state index in [2.05, 4.69) is 6.58 Å². The molecule has 0 aliphatic carbocycles. The molecule has 0 spiro atoms. The number of epoxide rings is 1. The van der Waals surface area contributed by atoms with E-state index in [0.29, 0.717) is 13.2 Å². The van der Waals surface area contributed by atoms with Crippen LogP contribution < -0.4 is 0 Å². The quantitative estimate of drug-likeness (QED) is 0.264. The number of hydrogen-bond donors (Lipinski definition) is 1. The van der Waals surface area contributed by atoms with Crippen LogP contribution in [0.15, 0.2) is 12.7 Å². The summed E-state index contributed by atoms with van der Waals surface area (Å²) in [7, 11) is 1.62. The third-order valence-electron chi connectivity index (χ3n) is 2.79. The van der Waals surface area contributed by atoms with Gasteiger partial charge in [0.15, 0.2) is 0 Å². The number of aliphatic hydroxyl groups excluding tert-OH is 1. The molecule has 0 bridgehead atoms. The SMILES string of the molecule is C=C[C@@H](C)[C@H](OCOCCOC)[C@H]1O[C@@H]1CO. The lowest BCUT2D eigenvalue weighted by atomic mass is 10.0. The van der Waals surface area contributed by atoms with Gasteiger partial charge in [0.1, 0.15) is 19.0 Å².